The van der Waals surface area contributed by atoms with Crippen LogP contribution in [0.5, 0.6) is 0 Å². The van der Waals surface area contributed by atoms with Crippen LogP contribution in [0.25, 0.3) is 0 Å². The minimum Gasteiger partial charge on any atom is -0.383 e. The summed E-state index contributed by atoms with van der Waals surface area (Å²) in [6.45, 7) is 4.82. The Balaban J connectivity index is 1.65. The molecule has 2 aromatic carbocycles. The van der Waals surface area contributed by atoms with Gasteiger partial charge in [-0.1, -0.05) is 37.3 Å². The number of hydrogen-bond acceptors (Lipinski definition) is 4. The molecule has 32 heavy (non-hydrogen) atoms. The molecule has 0 radical (unpaired) electrons. The number of methoxy groups -OCH3 is 1. The number of carbonyl (C=O) groups excluding carboxylic acids is 1. The van der Waals surface area contributed by atoms with E-state index in [4.69, 9.17) is 4.74 Å². The van der Waals surface area contributed by atoms with Crippen molar-refractivity contribution in [1.29, 1.82) is 0 Å². The summed E-state index contributed by atoms with van der Waals surface area (Å²) in [7, 11) is -1.90. The molecular formula is C25H34N2O4S. The van der Waals surface area contributed by atoms with Crippen molar-refractivity contribution in [2.75, 3.05) is 39.9 Å². The van der Waals surface area contributed by atoms with E-state index in [2.05, 4.69) is 19.1 Å². The standard InChI is InChI=1S/C25H34N2O4S/c1-21-14-17-27(18-15-21)32(29,30)24-12-10-23(11-13-24)25(28)26(19-20-31-2)16-6-9-22-7-4-3-5-8-22/h3-5,7-8,10-13,21H,6,9,14-20H2,1-2H3. The summed E-state index contributed by atoms with van der Waals surface area (Å²) < 4.78 is 32.6. The molecule has 0 aromatic heterocycles. The van der Waals surface area contributed by atoms with Crippen LogP contribution in [0.15, 0.2) is 59.5 Å². The normalized spacial score (nSPS) is 15.6. The van der Waals surface area contributed by atoms with Gasteiger partial charge in [0, 0.05) is 38.9 Å². The average molecular weight is 459 g/mol. The van der Waals surface area contributed by atoms with E-state index in [-0.39, 0.29) is 10.8 Å². The Kier molecular flexibility index (Phi) is 8.84. The van der Waals surface area contributed by atoms with Gasteiger partial charge in [0.2, 0.25) is 10.0 Å². The monoisotopic (exact) mass is 458 g/mol. The predicted molar refractivity (Wildman–Crippen MR) is 126 cm³/mol. The fourth-order valence-corrected chi connectivity index (χ4v) is 5.43. The number of aryl methyl sites for hydroxylation is 1. The van der Waals surface area contributed by atoms with Gasteiger partial charge in [0.15, 0.2) is 0 Å². The quantitative estimate of drug-likeness (QED) is 0.543. The second-order valence-electron chi connectivity index (χ2n) is 8.49. The number of amides is 1. The first-order chi connectivity index (χ1) is 15.4. The van der Waals surface area contributed by atoms with Crippen molar-refractivity contribution in [3.63, 3.8) is 0 Å². The van der Waals surface area contributed by atoms with Crippen molar-refractivity contribution in [2.24, 2.45) is 5.92 Å². The van der Waals surface area contributed by atoms with Gasteiger partial charge in [-0.2, -0.15) is 4.31 Å². The van der Waals surface area contributed by atoms with Gasteiger partial charge in [-0.15, -0.1) is 0 Å². The maximum Gasteiger partial charge on any atom is 0.253 e. The zero-order valence-electron chi connectivity index (χ0n) is 19.1. The highest BCUT2D eigenvalue weighted by Gasteiger charge is 2.28. The Bertz CT molecular complexity index is 953. The third-order valence-electron chi connectivity index (χ3n) is 6.07. The Labute approximate surface area is 192 Å². The van der Waals surface area contributed by atoms with Crippen LogP contribution in [0.4, 0.5) is 0 Å². The first kappa shape index (κ1) is 24.4. The topological polar surface area (TPSA) is 66.9 Å². The average Bonchev–Trinajstić information content (AvgIpc) is 2.82. The summed E-state index contributed by atoms with van der Waals surface area (Å²) in [6.07, 6.45) is 3.50. The molecule has 2 aromatic rings. The summed E-state index contributed by atoms with van der Waals surface area (Å²) in [4.78, 5) is 15.1. The number of hydrogen-bond donors (Lipinski definition) is 0. The van der Waals surface area contributed by atoms with E-state index >= 15 is 0 Å². The van der Waals surface area contributed by atoms with Crippen LogP contribution in [-0.2, 0) is 21.2 Å². The van der Waals surface area contributed by atoms with Crippen molar-refractivity contribution in [3.05, 3.63) is 65.7 Å². The molecule has 174 valence electrons. The molecule has 1 saturated heterocycles. The smallest absolute Gasteiger partial charge is 0.253 e. The summed E-state index contributed by atoms with van der Waals surface area (Å²) in [5, 5.41) is 0. The van der Waals surface area contributed by atoms with E-state index in [1.54, 1.807) is 40.6 Å². The lowest BCUT2D eigenvalue weighted by atomic mass is 10.0. The van der Waals surface area contributed by atoms with Gasteiger partial charge in [-0.25, -0.2) is 8.42 Å². The molecular weight excluding hydrogens is 424 g/mol. The van der Waals surface area contributed by atoms with E-state index in [0.717, 1.165) is 25.7 Å². The molecule has 3 rings (SSSR count). The van der Waals surface area contributed by atoms with Crippen LogP contribution in [0.2, 0.25) is 0 Å². The molecule has 1 aliphatic heterocycles. The van der Waals surface area contributed by atoms with Gasteiger partial charge >= 0.3 is 0 Å². The zero-order chi connectivity index (χ0) is 23.0. The Morgan fingerprint density at radius 1 is 1.03 bits per heavy atom. The van der Waals surface area contributed by atoms with E-state index in [1.807, 2.05) is 18.2 Å². The summed E-state index contributed by atoms with van der Waals surface area (Å²) in [6, 6.07) is 16.6. The van der Waals surface area contributed by atoms with Crippen LogP contribution in [0.1, 0.15) is 42.1 Å². The van der Waals surface area contributed by atoms with Gasteiger partial charge in [-0.05, 0) is 61.4 Å². The summed E-state index contributed by atoms with van der Waals surface area (Å²) >= 11 is 0. The number of benzene rings is 2. The minimum atomic E-state index is -3.52. The van der Waals surface area contributed by atoms with E-state index in [1.165, 1.54) is 5.56 Å². The molecule has 6 nitrogen and oxygen atoms in total. The van der Waals surface area contributed by atoms with Crippen LogP contribution >= 0.6 is 0 Å². The molecule has 0 saturated carbocycles. The van der Waals surface area contributed by atoms with Gasteiger partial charge in [0.1, 0.15) is 0 Å². The number of carbonyl (C=O) groups is 1. The third kappa shape index (κ3) is 6.40. The summed E-state index contributed by atoms with van der Waals surface area (Å²) in [5.74, 6) is 0.451. The van der Waals surface area contributed by atoms with Crippen molar-refractivity contribution in [1.82, 2.24) is 9.21 Å². The van der Waals surface area contributed by atoms with E-state index in [9.17, 15) is 13.2 Å². The second kappa shape index (κ2) is 11.6. The van der Waals surface area contributed by atoms with Crippen molar-refractivity contribution >= 4 is 15.9 Å². The molecule has 0 atom stereocenters. The largest absolute Gasteiger partial charge is 0.383 e. The number of rotatable bonds is 10. The Hall–Kier alpha value is -2.22. The predicted octanol–water partition coefficient (Wildman–Crippen LogP) is 3.83. The maximum absolute atomic E-state index is 13.1. The lowest BCUT2D eigenvalue weighted by Crippen LogP contribution is -2.38. The summed E-state index contributed by atoms with van der Waals surface area (Å²) in [5.41, 5.74) is 1.74. The Morgan fingerprint density at radius 2 is 1.69 bits per heavy atom. The Morgan fingerprint density at radius 3 is 2.31 bits per heavy atom. The van der Waals surface area contributed by atoms with Crippen LogP contribution < -0.4 is 0 Å². The van der Waals surface area contributed by atoms with Gasteiger partial charge < -0.3 is 9.64 Å². The van der Waals surface area contributed by atoms with Crippen molar-refractivity contribution < 1.29 is 17.9 Å². The lowest BCUT2D eigenvalue weighted by Gasteiger charge is -2.29. The number of ether oxygens (including phenoxy) is 1. The maximum atomic E-state index is 13.1. The molecule has 0 N–H and O–H groups in total. The molecule has 1 amide bonds. The second-order valence-corrected chi connectivity index (χ2v) is 10.4. The highest BCUT2D eigenvalue weighted by molar-refractivity contribution is 7.89. The van der Waals surface area contributed by atoms with Crippen molar-refractivity contribution in [3.8, 4) is 0 Å². The minimum absolute atomic E-state index is 0.106. The zero-order valence-corrected chi connectivity index (χ0v) is 19.9. The van der Waals surface area contributed by atoms with Gasteiger partial charge in [0.05, 0.1) is 11.5 Å². The number of piperidine rings is 1. The van der Waals surface area contributed by atoms with Gasteiger partial charge in [0.25, 0.3) is 5.91 Å². The molecule has 0 unspecified atom stereocenters. The highest BCUT2D eigenvalue weighted by atomic mass is 32.2. The van der Waals surface area contributed by atoms with Crippen molar-refractivity contribution in [2.45, 2.75) is 37.5 Å². The van der Waals surface area contributed by atoms with E-state index < -0.39 is 10.0 Å². The first-order valence-corrected chi connectivity index (χ1v) is 12.8. The highest BCUT2D eigenvalue weighted by Crippen LogP contribution is 2.24. The van der Waals surface area contributed by atoms with E-state index in [0.29, 0.717) is 44.3 Å². The third-order valence-corrected chi connectivity index (χ3v) is 7.98. The number of nitrogens with zero attached hydrogens (tertiary/aromatic N) is 2. The van der Waals surface area contributed by atoms with Crippen LogP contribution in [0, 0.1) is 5.92 Å². The first-order valence-electron chi connectivity index (χ1n) is 11.3. The molecule has 0 bridgehead atoms. The van der Waals surface area contributed by atoms with Crippen LogP contribution in [-0.4, -0.2) is 63.4 Å². The number of sulfonamides is 1. The molecule has 1 heterocycles. The molecule has 1 aliphatic rings. The molecule has 0 spiro atoms. The van der Waals surface area contributed by atoms with Gasteiger partial charge in [-0.3, -0.25) is 4.79 Å². The molecule has 1 fully saturated rings. The molecule has 7 heteroatoms. The fourth-order valence-electron chi connectivity index (χ4n) is 3.96. The lowest BCUT2D eigenvalue weighted by molar-refractivity contribution is 0.0693. The molecule has 0 aliphatic carbocycles. The SMILES string of the molecule is COCCN(CCCc1ccccc1)C(=O)c1ccc(S(=O)(=O)N2CCC(C)CC2)cc1. The van der Waals surface area contributed by atoms with Crippen LogP contribution in [0.3, 0.4) is 0 Å². The fraction of sp³-hybridized carbons (Fsp3) is 0.480.